The predicted molar refractivity (Wildman–Crippen MR) is 119 cm³/mol. The number of aryl methyl sites for hydroxylation is 1. The van der Waals surface area contributed by atoms with E-state index in [0.29, 0.717) is 32.0 Å². The van der Waals surface area contributed by atoms with E-state index in [0.717, 1.165) is 10.2 Å². The van der Waals surface area contributed by atoms with Crippen LogP contribution in [0.15, 0.2) is 48.5 Å². The first-order valence-electron chi connectivity index (χ1n) is 8.99. The first kappa shape index (κ1) is 21.3. The summed E-state index contributed by atoms with van der Waals surface area (Å²) in [5.74, 6) is -1.49. The predicted octanol–water partition coefficient (Wildman–Crippen LogP) is 5.64. The quantitative estimate of drug-likeness (QED) is 0.377. The van der Waals surface area contributed by atoms with Gasteiger partial charge in [-0.2, -0.15) is 5.10 Å². The zero-order valence-corrected chi connectivity index (χ0v) is 18.3. The number of esters is 1. The summed E-state index contributed by atoms with van der Waals surface area (Å²) in [7, 11) is 0. The molecular formula is C21H14Cl2FN3O3S. The van der Waals surface area contributed by atoms with Gasteiger partial charge in [-0.15, -0.1) is 11.3 Å². The van der Waals surface area contributed by atoms with Crippen molar-refractivity contribution in [2.24, 2.45) is 0 Å². The molecule has 0 fully saturated rings. The zero-order valence-electron chi connectivity index (χ0n) is 16.0. The molecule has 0 aliphatic rings. The fourth-order valence-electron chi connectivity index (χ4n) is 2.88. The van der Waals surface area contributed by atoms with E-state index in [1.807, 2.05) is 6.92 Å². The zero-order chi connectivity index (χ0) is 22.1. The van der Waals surface area contributed by atoms with Crippen molar-refractivity contribution in [1.82, 2.24) is 9.78 Å². The SMILES string of the molecule is Cc1nn(-c2ccc(F)cc2)c2sc(C(=O)OCC(=O)Nc3ccc(Cl)c(Cl)c3)cc12. The van der Waals surface area contributed by atoms with Crippen LogP contribution in [0.1, 0.15) is 15.4 Å². The van der Waals surface area contributed by atoms with Gasteiger partial charge in [-0.05, 0) is 55.5 Å². The Morgan fingerprint density at radius 1 is 1.13 bits per heavy atom. The molecule has 4 rings (SSSR count). The molecule has 6 nitrogen and oxygen atoms in total. The van der Waals surface area contributed by atoms with Gasteiger partial charge >= 0.3 is 5.97 Å². The van der Waals surface area contributed by atoms with Crippen molar-refractivity contribution >= 4 is 62.3 Å². The number of hydrogen-bond acceptors (Lipinski definition) is 5. The number of nitrogens with one attached hydrogen (secondary N) is 1. The van der Waals surface area contributed by atoms with Crippen LogP contribution in [0.5, 0.6) is 0 Å². The van der Waals surface area contributed by atoms with E-state index < -0.39 is 18.5 Å². The van der Waals surface area contributed by atoms with Gasteiger partial charge in [0.15, 0.2) is 6.61 Å². The molecule has 0 aliphatic carbocycles. The van der Waals surface area contributed by atoms with E-state index in [2.05, 4.69) is 10.4 Å². The third kappa shape index (κ3) is 4.56. The number of aromatic nitrogens is 2. The lowest BCUT2D eigenvalue weighted by Gasteiger charge is -2.07. The van der Waals surface area contributed by atoms with Gasteiger partial charge in [0.1, 0.15) is 15.5 Å². The van der Waals surface area contributed by atoms with Crippen LogP contribution in [-0.4, -0.2) is 28.3 Å². The maximum Gasteiger partial charge on any atom is 0.348 e. The van der Waals surface area contributed by atoms with Gasteiger partial charge in [-0.3, -0.25) is 4.79 Å². The minimum atomic E-state index is -0.629. The van der Waals surface area contributed by atoms with Crippen molar-refractivity contribution in [3.05, 3.63) is 75.0 Å². The molecule has 0 saturated heterocycles. The molecule has 1 amide bonds. The average molecular weight is 478 g/mol. The summed E-state index contributed by atoms with van der Waals surface area (Å²) in [5.41, 5.74) is 1.82. The highest BCUT2D eigenvalue weighted by atomic mass is 35.5. The smallest absolute Gasteiger partial charge is 0.348 e. The Morgan fingerprint density at radius 2 is 1.87 bits per heavy atom. The summed E-state index contributed by atoms with van der Waals surface area (Å²) in [6, 6.07) is 12.2. The number of thiophene rings is 1. The fourth-order valence-corrected chi connectivity index (χ4v) is 4.25. The summed E-state index contributed by atoms with van der Waals surface area (Å²) >= 11 is 12.9. The van der Waals surface area contributed by atoms with E-state index in [9.17, 15) is 14.0 Å². The number of halogens is 3. The van der Waals surface area contributed by atoms with Gasteiger partial charge in [-0.1, -0.05) is 23.2 Å². The number of fused-ring (bicyclic) bond motifs is 1. The molecule has 0 radical (unpaired) electrons. The van der Waals surface area contributed by atoms with Crippen LogP contribution in [0, 0.1) is 12.7 Å². The van der Waals surface area contributed by atoms with Crippen LogP contribution in [0.2, 0.25) is 10.0 Å². The highest BCUT2D eigenvalue weighted by Crippen LogP contribution is 2.31. The molecule has 0 spiro atoms. The average Bonchev–Trinajstić information content (AvgIpc) is 3.30. The van der Waals surface area contributed by atoms with Gasteiger partial charge in [0.25, 0.3) is 5.91 Å². The van der Waals surface area contributed by atoms with Crippen molar-refractivity contribution in [3.8, 4) is 5.69 Å². The van der Waals surface area contributed by atoms with Crippen molar-refractivity contribution in [3.63, 3.8) is 0 Å². The van der Waals surface area contributed by atoms with Gasteiger partial charge in [0, 0.05) is 11.1 Å². The maximum absolute atomic E-state index is 13.2. The molecule has 0 atom stereocenters. The van der Waals surface area contributed by atoms with Crippen molar-refractivity contribution < 1.29 is 18.7 Å². The van der Waals surface area contributed by atoms with Gasteiger partial charge in [0.05, 0.1) is 21.4 Å². The van der Waals surface area contributed by atoms with Gasteiger partial charge < -0.3 is 10.1 Å². The van der Waals surface area contributed by atoms with Crippen LogP contribution in [-0.2, 0) is 9.53 Å². The molecular weight excluding hydrogens is 464 g/mol. The fraction of sp³-hybridized carbons (Fsp3) is 0.0952. The molecule has 1 N–H and O–H groups in total. The van der Waals surface area contributed by atoms with Crippen LogP contribution in [0.4, 0.5) is 10.1 Å². The number of ether oxygens (including phenoxy) is 1. The molecule has 0 saturated carbocycles. The number of amides is 1. The number of nitrogens with zero attached hydrogens (tertiary/aromatic N) is 2. The maximum atomic E-state index is 13.2. The summed E-state index contributed by atoms with van der Waals surface area (Å²) in [6.07, 6.45) is 0. The summed E-state index contributed by atoms with van der Waals surface area (Å²) in [6.45, 7) is 1.35. The van der Waals surface area contributed by atoms with Crippen LogP contribution < -0.4 is 5.32 Å². The second kappa shape index (κ2) is 8.66. The van der Waals surface area contributed by atoms with Crippen molar-refractivity contribution in [2.75, 3.05) is 11.9 Å². The normalized spacial score (nSPS) is 11.0. The number of carbonyl (C=O) groups is 2. The van der Waals surface area contributed by atoms with Crippen LogP contribution in [0.3, 0.4) is 0 Å². The van der Waals surface area contributed by atoms with Crippen molar-refractivity contribution in [2.45, 2.75) is 6.92 Å². The Bertz CT molecular complexity index is 1300. The van der Waals surface area contributed by atoms with E-state index in [4.69, 9.17) is 27.9 Å². The minimum Gasteiger partial charge on any atom is -0.451 e. The van der Waals surface area contributed by atoms with Gasteiger partial charge in [-0.25, -0.2) is 13.9 Å². The third-order valence-corrected chi connectivity index (χ3v) is 6.18. The first-order chi connectivity index (χ1) is 14.8. The van der Waals surface area contributed by atoms with Crippen molar-refractivity contribution in [1.29, 1.82) is 0 Å². The second-order valence-electron chi connectivity index (χ2n) is 6.56. The molecule has 2 aromatic heterocycles. The highest BCUT2D eigenvalue weighted by Gasteiger charge is 2.19. The number of rotatable bonds is 5. The Balaban J connectivity index is 1.46. The van der Waals surface area contributed by atoms with Crippen LogP contribution in [0.25, 0.3) is 15.9 Å². The third-order valence-electron chi connectivity index (χ3n) is 4.35. The molecule has 2 aromatic carbocycles. The number of benzene rings is 2. The largest absolute Gasteiger partial charge is 0.451 e. The summed E-state index contributed by atoms with van der Waals surface area (Å²) in [4.78, 5) is 25.6. The summed E-state index contributed by atoms with van der Waals surface area (Å²) < 4.78 is 20.0. The molecule has 0 bridgehead atoms. The molecule has 0 unspecified atom stereocenters. The highest BCUT2D eigenvalue weighted by molar-refractivity contribution is 7.20. The van der Waals surface area contributed by atoms with E-state index in [1.165, 1.54) is 29.5 Å². The number of hydrogen-bond donors (Lipinski definition) is 1. The monoisotopic (exact) mass is 477 g/mol. The number of anilines is 1. The Kier molecular flexibility index (Phi) is 5.95. The lowest BCUT2D eigenvalue weighted by Crippen LogP contribution is -2.20. The van der Waals surface area contributed by atoms with E-state index in [1.54, 1.807) is 35.0 Å². The lowest BCUT2D eigenvalue weighted by atomic mass is 10.3. The van der Waals surface area contributed by atoms with Crippen LogP contribution >= 0.6 is 34.5 Å². The van der Waals surface area contributed by atoms with Gasteiger partial charge in [0.2, 0.25) is 0 Å². The molecule has 4 aromatic rings. The lowest BCUT2D eigenvalue weighted by molar-refractivity contribution is -0.119. The Morgan fingerprint density at radius 3 is 2.58 bits per heavy atom. The van der Waals surface area contributed by atoms with E-state index >= 15 is 0 Å². The molecule has 2 heterocycles. The molecule has 0 aliphatic heterocycles. The summed E-state index contributed by atoms with van der Waals surface area (Å²) in [5, 5.41) is 8.48. The minimum absolute atomic E-state index is 0.298. The Labute approximate surface area is 190 Å². The molecule has 10 heteroatoms. The van der Waals surface area contributed by atoms with E-state index in [-0.39, 0.29) is 5.82 Å². The second-order valence-corrected chi connectivity index (χ2v) is 8.40. The number of carbonyl (C=O) groups excluding carboxylic acids is 2. The standard InChI is InChI=1S/C21H14Cl2FN3O3S/c1-11-15-9-18(31-20(15)27(26-11)14-5-2-12(24)3-6-14)21(29)30-10-19(28)25-13-4-7-16(22)17(23)8-13/h2-9H,10H2,1H3,(H,25,28). The topological polar surface area (TPSA) is 73.2 Å². The first-order valence-corrected chi connectivity index (χ1v) is 10.6. The molecule has 158 valence electrons. The Hall–Kier alpha value is -2.94. The molecule has 31 heavy (non-hydrogen) atoms.